The van der Waals surface area contributed by atoms with Crippen molar-refractivity contribution in [3.63, 3.8) is 0 Å². The highest BCUT2D eigenvalue weighted by atomic mass is 35.5. The van der Waals surface area contributed by atoms with Crippen LogP contribution in [0.25, 0.3) is 0 Å². The molecule has 0 unspecified atom stereocenters. The maximum absolute atomic E-state index is 11.0. The van der Waals surface area contributed by atoms with Crippen molar-refractivity contribution in [3.05, 3.63) is 58.4 Å². The van der Waals surface area contributed by atoms with Crippen LogP contribution in [-0.2, 0) is 6.54 Å². The number of aromatic nitrogens is 1. The summed E-state index contributed by atoms with van der Waals surface area (Å²) in [4.78, 5) is 15.2. The predicted octanol–water partition coefficient (Wildman–Crippen LogP) is 3.35. The number of anilines is 1. The van der Waals surface area contributed by atoms with Crippen molar-refractivity contribution in [2.45, 2.75) is 13.5 Å². The molecule has 0 atom stereocenters. The lowest BCUT2D eigenvalue weighted by Gasteiger charge is -2.08. The van der Waals surface area contributed by atoms with Gasteiger partial charge < -0.3 is 10.4 Å². The Hall–Kier alpha value is -2.07. The van der Waals surface area contributed by atoms with E-state index in [0.717, 1.165) is 11.3 Å². The summed E-state index contributed by atoms with van der Waals surface area (Å²) in [5.41, 5.74) is 2.77. The van der Waals surface area contributed by atoms with Gasteiger partial charge in [-0.05, 0) is 36.8 Å². The molecule has 0 aliphatic rings. The normalized spacial score (nSPS) is 10.2. The van der Waals surface area contributed by atoms with Crippen molar-refractivity contribution in [1.29, 1.82) is 0 Å². The first-order chi connectivity index (χ1) is 9.06. The maximum Gasteiger partial charge on any atom is 0.337 e. The van der Waals surface area contributed by atoms with Crippen LogP contribution in [0.15, 0.2) is 36.5 Å². The van der Waals surface area contributed by atoms with E-state index < -0.39 is 5.97 Å². The fourth-order valence-corrected chi connectivity index (χ4v) is 1.79. The number of carboxylic acid groups (broad SMARTS) is 1. The van der Waals surface area contributed by atoms with E-state index in [-0.39, 0.29) is 10.6 Å². The molecule has 2 rings (SSSR count). The molecule has 0 bridgehead atoms. The van der Waals surface area contributed by atoms with E-state index in [2.05, 4.69) is 10.3 Å². The third-order valence-corrected chi connectivity index (χ3v) is 2.97. The molecule has 1 aromatic heterocycles. The third kappa shape index (κ3) is 3.45. The fourth-order valence-electron chi connectivity index (χ4n) is 1.59. The van der Waals surface area contributed by atoms with Gasteiger partial charge in [0.2, 0.25) is 0 Å². The van der Waals surface area contributed by atoms with Gasteiger partial charge >= 0.3 is 5.97 Å². The van der Waals surface area contributed by atoms with Gasteiger partial charge in [0.05, 0.1) is 22.8 Å². The summed E-state index contributed by atoms with van der Waals surface area (Å²) in [6, 6.07) is 8.72. The zero-order valence-electron chi connectivity index (χ0n) is 10.4. The van der Waals surface area contributed by atoms with Gasteiger partial charge in [0.15, 0.2) is 0 Å². The molecule has 0 saturated carbocycles. The predicted molar refractivity (Wildman–Crippen MR) is 74.7 cm³/mol. The first-order valence-electron chi connectivity index (χ1n) is 5.74. The highest BCUT2D eigenvalue weighted by molar-refractivity contribution is 6.33. The van der Waals surface area contributed by atoms with Crippen LogP contribution in [0.3, 0.4) is 0 Å². The third-order valence-electron chi connectivity index (χ3n) is 2.64. The molecule has 19 heavy (non-hydrogen) atoms. The SMILES string of the molecule is Cc1ccc(CNc2ccc(Cl)c(C(=O)O)c2)nc1. The van der Waals surface area contributed by atoms with Gasteiger partial charge in [0.1, 0.15) is 0 Å². The van der Waals surface area contributed by atoms with E-state index in [0.29, 0.717) is 12.2 Å². The Morgan fingerprint density at radius 3 is 2.79 bits per heavy atom. The maximum atomic E-state index is 11.0. The van der Waals surface area contributed by atoms with Gasteiger partial charge in [-0.1, -0.05) is 17.7 Å². The lowest BCUT2D eigenvalue weighted by atomic mass is 10.2. The largest absolute Gasteiger partial charge is 0.478 e. The molecular weight excluding hydrogens is 264 g/mol. The summed E-state index contributed by atoms with van der Waals surface area (Å²) in [7, 11) is 0. The average molecular weight is 277 g/mol. The lowest BCUT2D eigenvalue weighted by molar-refractivity contribution is 0.0697. The number of hydrogen-bond acceptors (Lipinski definition) is 3. The number of halogens is 1. The Balaban J connectivity index is 2.09. The van der Waals surface area contributed by atoms with Crippen molar-refractivity contribution in [2.75, 3.05) is 5.32 Å². The quantitative estimate of drug-likeness (QED) is 0.899. The molecule has 0 radical (unpaired) electrons. The number of rotatable bonds is 4. The van der Waals surface area contributed by atoms with Crippen LogP contribution in [0.1, 0.15) is 21.6 Å². The highest BCUT2D eigenvalue weighted by Crippen LogP contribution is 2.20. The van der Waals surface area contributed by atoms with Crippen LogP contribution >= 0.6 is 11.6 Å². The average Bonchev–Trinajstić information content (AvgIpc) is 2.39. The van der Waals surface area contributed by atoms with Crippen LogP contribution < -0.4 is 5.32 Å². The van der Waals surface area contributed by atoms with E-state index in [1.807, 2.05) is 19.1 Å². The lowest BCUT2D eigenvalue weighted by Crippen LogP contribution is -2.04. The van der Waals surface area contributed by atoms with Gasteiger partial charge in [0, 0.05) is 11.9 Å². The Morgan fingerprint density at radius 1 is 1.37 bits per heavy atom. The number of carboxylic acids is 1. The van der Waals surface area contributed by atoms with Gasteiger partial charge in [0.25, 0.3) is 0 Å². The van der Waals surface area contributed by atoms with E-state index in [9.17, 15) is 4.79 Å². The molecular formula is C14H13ClN2O2. The summed E-state index contributed by atoms with van der Waals surface area (Å²) in [6.45, 7) is 2.50. The minimum absolute atomic E-state index is 0.0866. The molecule has 0 amide bonds. The van der Waals surface area contributed by atoms with Crippen LogP contribution in [0.5, 0.6) is 0 Å². The van der Waals surface area contributed by atoms with Crippen LogP contribution in [0.2, 0.25) is 5.02 Å². The standard InChI is InChI=1S/C14H13ClN2O2/c1-9-2-3-11(16-7-9)8-17-10-4-5-13(15)12(6-10)14(18)19/h2-7,17H,8H2,1H3,(H,18,19). The van der Waals surface area contributed by atoms with Crippen LogP contribution in [0, 0.1) is 6.92 Å². The molecule has 0 aliphatic carbocycles. The number of benzene rings is 1. The summed E-state index contributed by atoms with van der Waals surface area (Å²) in [5.74, 6) is -1.04. The minimum Gasteiger partial charge on any atom is -0.478 e. The highest BCUT2D eigenvalue weighted by Gasteiger charge is 2.09. The number of pyridine rings is 1. The molecule has 0 saturated heterocycles. The Bertz CT molecular complexity index is 597. The van der Waals surface area contributed by atoms with Crippen LogP contribution in [-0.4, -0.2) is 16.1 Å². The number of hydrogen-bond donors (Lipinski definition) is 2. The molecule has 2 N–H and O–H groups in total. The van der Waals surface area contributed by atoms with Gasteiger partial charge in [-0.15, -0.1) is 0 Å². The summed E-state index contributed by atoms with van der Waals surface area (Å²) in [6.07, 6.45) is 1.79. The molecule has 2 aromatic rings. The summed E-state index contributed by atoms with van der Waals surface area (Å²) < 4.78 is 0. The van der Waals surface area contributed by atoms with Crippen molar-refractivity contribution in [1.82, 2.24) is 4.98 Å². The molecule has 1 heterocycles. The Kier molecular flexibility index (Phi) is 4.02. The second-order valence-electron chi connectivity index (χ2n) is 4.18. The van der Waals surface area contributed by atoms with Gasteiger partial charge in [-0.2, -0.15) is 0 Å². The summed E-state index contributed by atoms with van der Waals surface area (Å²) >= 11 is 5.80. The monoisotopic (exact) mass is 276 g/mol. The van der Waals surface area contributed by atoms with Gasteiger partial charge in [-0.3, -0.25) is 4.98 Å². The fraction of sp³-hybridized carbons (Fsp3) is 0.143. The number of aromatic carboxylic acids is 1. The Morgan fingerprint density at radius 2 is 2.16 bits per heavy atom. The zero-order chi connectivity index (χ0) is 13.8. The second kappa shape index (κ2) is 5.71. The molecule has 0 spiro atoms. The topological polar surface area (TPSA) is 62.2 Å². The number of carbonyl (C=O) groups is 1. The van der Waals surface area contributed by atoms with Crippen LogP contribution in [0.4, 0.5) is 5.69 Å². The second-order valence-corrected chi connectivity index (χ2v) is 4.59. The number of aryl methyl sites for hydroxylation is 1. The van der Waals surface area contributed by atoms with Crippen molar-refractivity contribution in [2.24, 2.45) is 0 Å². The molecule has 98 valence electrons. The van der Waals surface area contributed by atoms with Crippen molar-refractivity contribution >= 4 is 23.3 Å². The first kappa shape index (κ1) is 13.4. The molecule has 0 aliphatic heterocycles. The summed E-state index contributed by atoms with van der Waals surface area (Å²) in [5, 5.41) is 12.3. The van der Waals surface area contributed by atoms with Gasteiger partial charge in [-0.25, -0.2) is 4.79 Å². The molecule has 4 nitrogen and oxygen atoms in total. The minimum atomic E-state index is -1.04. The smallest absolute Gasteiger partial charge is 0.337 e. The van der Waals surface area contributed by atoms with E-state index >= 15 is 0 Å². The molecule has 5 heteroatoms. The molecule has 1 aromatic carbocycles. The molecule has 0 fully saturated rings. The van der Waals surface area contributed by atoms with Crippen molar-refractivity contribution in [3.8, 4) is 0 Å². The van der Waals surface area contributed by atoms with E-state index in [1.54, 1.807) is 18.3 Å². The van der Waals surface area contributed by atoms with Crippen molar-refractivity contribution < 1.29 is 9.90 Å². The number of nitrogens with one attached hydrogen (secondary N) is 1. The number of nitrogens with zero attached hydrogens (tertiary/aromatic N) is 1. The van der Waals surface area contributed by atoms with E-state index in [4.69, 9.17) is 16.7 Å². The zero-order valence-corrected chi connectivity index (χ0v) is 11.1. The Labute approximate surface area is 116 Å². The first-order valence-corrected chi connectivity index (χ1v) is 6.12. The van der Waals surface area contributed by atoms with E-state index in [1.165, 1.54) is 6.07 Å².